The van der Waals surface area contributed by atoms with E-state index in [1.807, 2.05) is 11.8 Å². The van der Waals surface area contributed by atoms with E-state index in [1.54, 1.807) is 12.1 Å². The molecule has 1 saturated carbocycles. The predicted molar refractivity (Wildman–Crippen MR) is 111 cm³/mol. The monoisotopic (exact) mass is 434 g/mol. The fourth-order valence-electron chi connectivity index (χ4n) is 5.41. The van der Waals surface area contributed by atoms with Crippen molar-refractivity contribution in [3.05, 3.63) is 29.6 Å². The van der Waals surface area contributed by atoms with Gasteiger partial charge in [0, 0.05) is 17.5 Å². The Bertz CT molecular complexity index is 811. The number of carbonyl (C=O) groups is 2. The number of rotatable bonds is 4. The van der Waals surface area contributed by atoms with Gasteiger partial charge in [0.2, 0.25) is 5.91 Å². The predicted octanol–water partition coefficient (Wildman–Crippen LogP) is 2.37. The van der Waals surface area contributed by atoms with Crippen LogP contribution in [-0.4, -0.2) is 61.3 Å². The number of benzene rings is 1. The first-order valence-electron chi connectivity index (χ1n) is 11.1. The summed E-state index contributed by atoms with van der Waals surface area (Å²) in [6.07, 6.45) is 4.18. The number of hydrogen-bond donors (Lipinski definition) is 1. The van der Waals surface area contributed by atoms with Crippen LogP contribution in [-0.2, 0) is 19.1 Å². The highest BCUT2D eigenvalue weighted by molar-refractivity contribution is 5.79. The lowest BCUT2D eigenvalue weighted by molar-refractivity contribution is -0.139. The molecule has 0 spiro atoms. The highest BCUT2D eigenvalue weighted by Gasteiger charge is 2.43. The van der Waals surface area contributed by atoms with Crippen LogP contribution in [0.3, 0.4) is 0 Å². The van der Waals surface area contributed by atoms with Crippen molar-refractivity contribution >= 4 is 11.8 Å². The minimum Gasteiger partial charge on any atom is -0.483 e. The Balaban J connectivity index is 1.57. The van der Waals surface area contributed by atoms with Crippen LogP contribution >= 0.6 is 0 Å². The van der Waals surface area contributed by atoms with Gasteiger partial charge in [0.15, 0.2) is 6.61 Å². The summed E-state index contributed by atoms with van der Waals surface area (Å²) in [4.78, 5) is 26.0. The number of hydrogen-bond acceptors (Lipinski definition) is 5. The zero-order valence-corrected chi connectivity index (χ0v) is 17.9. The third-order valence-corrected chi connectivity index (χ3v) is 6.83. The minimum absolute atomic E-state index is 0.0136. The van der Waals surface area contributed by atoms with Crippen molar-refractivity contribution < 1.29 is 28.2 Å². The molecule has 2 bridgehead atoms. The molecule has 1 saturated heterocycles. The lowest BCUT2D eigenvalue weighted by Crippen LogP contribution is -2.47. The van der Waals surface area contributed by atoms with Crippen LogP contribution in [0.1, 0.15) is 50.5 Å². The van der Waals surface area contributed by atoms with E-state index in [1.165, 1.54) is 6.07 Å². The Labute approximate surface area is 182 Å². The molecule has 7 nitrogen and oxygen atoms in total. The average molecular weight is 435 g/mol. The number of carbonyl (C=O) groups excluding carboxylic acids is 2. The molecule has 0 aromatic heterocycles. The number of primary amides is 1. The SMILES string of the molecule is CC1CC(COCC(N)=O)[C@H]2COC3CCC(CC3)c3c(F)cccc3OCC(=O)N12. The molecule has 2 N–H and O–H groups in total. The first kappa shape index (κ1) is 22.0. The molecule has 3 heterocycles. The van der Waals surface area contributed by atoms with Gasteiger partial charge in [-0.2, -0.15) is 0 Å². The molecule has 170 valence electrons. The van der Waals surface area contributed by atoms with Crippen LogP contribution in [0.2, 0.25) is 0 Å². The quantitative estimate of drug-likeness (QED) is 0.786. The lowest BCUT2D eigenvalue weighted by atomic mass is 9.82. The van der Waals surface area contributed by atoms with Gasteiger partial charge in [0.1, 0.15) is 18.2 Å². The van der Waals surface area contributed by atoms with E-state index < -0.39 is 5.91 Å². The van der Waals surface area contributed by atoms with Crippen molar-refractivity contribution in [2.45, 2.75) is 63.1 Å². The molecule has 2 amide bonds. The lowest BCUT2D eigenvalue weighted by Gasteiger charge is -2.33. The normalized spacial score (nSPS) is 31.1. The largest absolute Gasteiger partial charge is 0.483 e. The van der Waals surface area contributed by atoms with E-state index in [0.717, 1.165) is 32.1 Å². The zero-order chi connectivity index (χ0) is 22.0. The highest BCUT2D eigenvalue weighted by atomic mass is 19.1. The third-order valence-electron chi connectivity index (χ3n) is 6.83. The maximum atomic E-state index is 14.7. The Morgan fingerprint density at radius 3 is 2.81 bits per heavy atom. The van der Waals surface area contributed by atoms with Gasteiger partial charge in [-0.05, 0) is 57.1 Å². The van der Waals surface area contributed by atoms with Crippen molar-refractivity contribution in [1.29, 1.82) is 0 Å². The summed E-state index contributed by atoms with van der Waals surface area (Å²) in [7, 11) is 0. The molecule has 5 rings (SSSR count). The van der Waals surface area contributed by atoms with Gasteiger partial charge in [-0.1, -0.05) is 6.07 Å². The molecule has 1 aromatic rings. The van der Waals surface area contributed by atoms with Crippen molar-refractivity contribution in [2.75, 3.05) is 26.4 Å². The molecule has 0 radical (unpaired) electrons. The van der Waals surface area contributed by atoms with E-state index in [2.05, 4.69) is 0 Å². The van der Waals surface area contributed by atoms with E-state index in [-0.39, 0.29) is 55.0 Å². The zero-order valence-electron chi connectivity index (χ0n) is 17.9. The molecule has 31 heavy (non-hydrogen) atoms. The second-order valence-corrected chi connectivity index (χ2v) is 8.94. The van der Waals surface area contributed by atoms with Gasteiger partial charge < -0.3 is 24.8 Å². The van der Waals surface area contributed by atoms with Crippen molar-refractivity contribution in [1.82, 2.24) is 4.90 Å². The summed E-state index contributed by atoms with van der Waals surface area (Å²) in [5.74, 6) is -0.364. The molecule has 2 fully saturated rings. The molecule has 1 aromatic carbocycles. The molecule has 3 atom stereocenters. The van der Waals surface area contributed by atoms with E-state index in [0.29, 0.717) is 24.5 Å². The van der Waals surface area contributed by atoms with Crippen LogP contribution in [0.5, 0.6) is 5.75 Å². The molecule has 3 aliphatic heterocycles. The number of ether oxygens (including phenoxy) is 3. The van der Waals surface area contributed by atoms with E-state index in [9.17, 15) is 14.0 Å². The van der Waals surface area contributed by atoms with Crippen molar-refractivity contribution in [2.24, 2.45) is 11.7 Å². The maximum Gasteiger partial charge on any atom is 0.261 e. The van der Waals surface area contributed by atoms with Crippen LogP contribution in [0.15, 0.2) is 18.2 Å². The second kappa shape index (κ2) is 9.53. The van der Waals surface area contributed by atoms with Gasteiger partial charge in [0.05, 0.1) is 25.4 Å². The molecule has 4 aliphatic rings. The first-order chi connectivity index (χ1) is 14.9. The molecular weight excluding hydrogens is 403 g/mol. The number of amides is 2. The van der Waals surface area contributed by atoms with Gasteiger partial charge in [-0.15, -0.1) is 0 Å². The van der Waals surface area contributed by atoms with Gasteiger partial charge in [-0.3, -0.25) is 9.59 Å². The van der Waals surface area contributed by atoms with Crippen LogP contribution in [0.25, 0.3) is 0 Å². The highest BCUT2D eigenvalue weighted by Crippen LogP contribution is 2.41. The maximum absolute atomic E-state index is 14.7. The Morgan fingerprint density at radius 1 is 1.29 bits per heavy atom. The molecular formula is C23H31FN2O5. The summed E-state index contributed by atoms with van der Waals surface area (Å²) < 4.78 is 32.3. The van der Waals surface area contributed by atoms with Crippen molar-refractivity contribution in [3.8, 4) is 5.75 Å². The first-order valence-corrected chi connectivity index (χ1v) is 11.1. The summed E-state index contributed by atoms with van der Waals surface area (Å²) in [6.45, 7) is 2.46. The Hall–Kier alpha value is -2.19. The van der Waals surface area contributed by atoms with Crippen molar-refractivity contribution in [3.63, 3.8) is 0 Å². The van der Waals surface area contributed by atoms with E-state index in [4.69, 9.17) is 19.9 Å². The average Bonchev–Trinajstić information content (AvgIpc) is 3.06. The number of halogens is 1. The fraction of sp³-hybridized carbons (Fsp3) is 0.652. The Kier molecular flexibility index (Phi) is 6.77. The van der Waals surface area contributed by atoms with Gasteiger partial charge >= 0.3 is 0 Å². The molecule has 1 aliphatic carbocycles. The number of fused-ring (bicyclic) bond motifs is 5. The van der Waals surface area contributed by atoms with Gasteiger partial charge in [-0.25, -0.2) is 4.39 Å². The summed E-state index contributed by atoms with van der Waals surface area (Å²) in [5, 5.41) is 0. The van der Waals surface area contributed by atoms with Gasteiger partial charge in [0.25, 0.3) is 5.91 Å². The van der Waals surface area contributed by atoms with Crippen LogP contribution < -0.4 is 10.5 Å². The third kappa shape index (κ3) is 4.85. The molecule has 8 heteroatoms. The van der Waals surface area contributed by atoms with Crippen LogP contribution in [0.4, 0.5) is 4.39 Å². The number of nitrogens with zero attached hydrogens (tertiary/aromatic N) is 1. The summed E-state index contributed by atoms with van der Waals surface area (Å²) >= 11 is 0. The van der Waals surface area contributed by atoms with E-state index >= 15 is 0 Å². The smallest absolute Gasteiger partial charge is 0.261 e. The molecule has 2 unspecified atom stereocenters. The topological polar surface area (TPSA) is 91.1 Å². The van der Waals surface area contributed by atoms with Crippen LogP contribution in [0, 0.1) is 11.7 Å². The standard InChI is InChI=1S/C23H31FN2O5/c1-14-9-16(10-29-12-21(25)27)19-11-30-17-7-5-15(6-8-17)23-18(24)3-2-4-20(23)31-13-22(28)26(14)19/h2-4,14-17,19H,5-13H2,1H3,(H2,25,27)/t14?,15?,16?,17?,19-/m1/s1. The minimum atomic E-state index is -0.513. The second-order valence-electron chi connectivity index (χ2n) is 8.94. The Morgan fingerprint density at radius 2 is 2.06 bits per heavy atom. The summed E-state index contributed by atoms with van der Waals surface area (Å²) in [5.41, 5.74) is 5.76. The fourth-order valence-corrected chi connectivity index (χ4v) is 5.41. The number of nitrogens with two attached hydrogens (primary N) is 1. The summed E-state index contributed by atoms with van der Waals surface area (Å²) in [6, 6.07) is 4.66.